The van der Waals surface area contributed by atoms with Crippen LogP contribution >= 0.6 is 15.9 Å². The van der Waals surface area contributed by atoms with Crippen LogP contribution in [0.2, 0.25) is 0 Å². The third-order valence-corrected chi connectivity index (χ3v) is 4.55. The highest BCUT2D eigenvalue weighted by molar-refractivity contribution is 9.10. The molecule has 1 aliphatic carbocycles. The van der Waals surface area contributed by atoms with Gasteiger partial charge in [0.1, 0.15) is 5.54 Å². The minimum absolute atomic E-state index is 0.426. The Balaban J connectivity index is 2.30. The summed E-state index contributed by atoms with van der Waals surface area (Å²) in [5.41, 5.74) is 0.00669. The maximum Gasteiger partial charge on any atom is 0.329 e. The first-order valence-electron chi connectivity index (χ1n) is 6.69. The van der Waals surface area contributed by atoms with Crippen LogP contribution in [0.15, 0.2) is 28.7 Å². The van der Waals surface area contributed by atoms with Gasteiger partial charge in [-0.25, -0.2) is 4.79 Å². The summed E-state index contributed by atoms with van der Waals surface area (Å²) < 4.78 is 0.904. The van der Waals surface area contributed by atoms with Gasteiger partial charge in [-0.2, -0.15) is 0 Å². The average Bonchev–Trinajstić information content (AvgIpc) is 2.30. The van der Waals surface area contributed by atoms with E-state index >= 15 is 0 Å². The quantitative estimate of drug-likeness (QED) is 0.878. The minimum atomic E-state index is -0.846. The van der Waals surface area contributed by atoms with Crippen molar-refractivity contribution in [1.29, 1.82) is 0 Å². The Labute approximate surface area is 122 Å². The molecule has 1 saturated carbocycles. The molecule has 1 aromatic carbocycles. The molecule has 0 radical (unpaired) electrons. The van der Waals surface area contributed by atoms with E-state index in [1.807, 2.05) is 24.3 Å². The minimum Gasteiger partial charge on any atom is -0.480 e. The smallest absolute Gasteiger partial charge is 0.329 e. The third kappa shape index (κ3) is 3.11. The lowest BCUT2D eigenvalue weighted by atomic mass is 9.71. The lowest BCUT2D eigenvalue weighted by Gasteiger charge is -2.41. The molecule has 0 aromatic heterocycles. The number of aliphatic carboxylic acids is 1. The van der Waals surface area contributed by atoms with E-state index in [4.69, 9.17) is 0 Å². The molecule has 0 spiro atoms. The standard InChI is InChI=1S/C15H20BrNO2/c1-10-7-11(2)9-15(8-10,14(18)19)17-13-6-4-3-5-12(13)16/h3-6,10-11,17H,7-9H2,1-2H3,(H,18,19). The van der Waals surface area contributed by atoms with Gasteiger partial charge >= 0.3 is 5.97 Å². The van der Waals surface area contributed by atoms with Gasteiger partial charge in [0.15, 0.2) is 0 Å². The Hall–Kier alpha value is -1.03. The van der Waals surface area contributed by atoms with Gasteiger partial charge in [0, 0.05) is 10.2 Å². The monoisotopic (exact) mass is 325 g/mol. The summed E-state index contributed by atoms with van der Waals surface area (Å²) in [6.45, 7) is 4.27. The lowest BCUT2D eigenvalue weighted by Crippen LogP contribution is -2.51. The molecule has 0 aliphatic heterocycles. The summed E-state index contributed by atoms with van der Waals surface area (Å²) in [7, 11) is 0. The second-order valence-corrected chi connectivity index (χ2v) is 6.70. The molecular weight excluding hydrogens is 306 g/mol. The molecule has 104 valence electrons. The summed E-state index contributed by atoms with van der Waals surface area (Å²) in [5, 5.41) is 13.0. The van der Waals surface area contributed by atoms with Crippen molar-refractivity contribution in [1.82, 2.24) is 0 Å². The van der Waals surface area contributed by atoms with Gasteiger partial charge in [-0.05, 0) is 59.2 Å². The van der Waals surface area contributed by atoms with E-state index in [0.29, 0.717) is 24.7 Å². The predicted molar refractivity (Wildman–Crippen MR) is 80.3 cm³/mol. The fraction of sp³-hybridized carbons (Fsp3) is 0.533. The molecule has 0 heterocycles. The van der Waals surface area contributed by atoms with E-state index in [2.05, 4.69) is 35.1 Å². The fourth-order valence-corrected chi connectivity index (χ4v) is 3.66. The number of benzene rings is 1. The molecule has 2 N–H and O–H groups in total. The van der Waals surface area contributed by atoms with Gasteiger partial charge in [-0.1, -0.05) is 26.0 Å². The van der Waals surface area contributed by atoms with E-state index in [9.17, 15) is 9.90 Å². The molecule has 19 heavy (non-hydrogen) atoms. The topological polar surface area (TPSA) is 49.3 Å². The van der Waals surface area contributed by atoms with Gasteiger partial charge in [0.2, 0.25) is 0 Å². The maximum absolute atomic E-state index is 11.8. The molecule has 1 fully saturated rings. The SMILES string of the molecule is CC1CC(C)CC(Nc2ccccc2Br)(C(=O)O)C1. The zero-order valence-corrected chi connectivity index (χ0v) is 12.9. The molecule has 3 nitrogen and oxygen atoms in total. The number of hydrogen-bond acceptors (Lipinski definition) is 2. The number of halogens is 1. The number of carbonyl (C=O) groups is 1. The lowest BCUT2D eigenvalue weighted by molar-refractivity contribution is -0.144. The molecule has 0 saturated heterocycles. The Morgan fingerprint density at radius 1 is 1.32 bits per heavy atom. The zero-order valence-electron chi connectivity index (χ0n) is 11.3. The van der Waals surface area contributed by atoms with Crippen LogP contribution in [0, 0.1) is 11.8 Å². The normalized spacial score (nSPS) is 30.9. The molecule has 1 aliphatic rings. The molecule has 0 bridgehead atoms. The van der Waals surface area contributed by atoms with Crippen LogP contribution in [0.25, 0.3) is 0 Å². The first-order chi connectivity index (χ1) is 8.93. The van der Waals surface area contributed by atoms with Crippen molar-refractivity contribution in [3.8, 4) is 0 Å². The number of anilines is 1. The highest BCUT2D eigenvalue weighted by Gasteiger charge is 2.44. The van der Waals surface area contributed by atoms with Crippen molar-refractivity contribution in [2.45, 2.75) is 38.6 Å². The van der Waals surface area contributed by atoms with Gasteiger partial charge in [0.05, 0.1) is 0 Å². The summed E-state index contributed by atoms with van der Waals surface area (Å²) >= 11 is 3.47. The average molecular weight is 326 g/mol. The zero-order chi connectivity index (χ0) is 14.0. The summed E-state index contributed by atoms with van der Waals surface area (Å²) in [6.07, 6.45) is 2.45. The van der Waals surface area contributed by atoms with Crippen LogP contribution in [0.4, 0.5) is 5.69 Å². The van der Waals surface area contributed by atoms with Crippen LogP contribution in [-0.2, 0) is 4.79 Å². The van der Waals surface area contributed by atoms with Gasteiger partial charge in [-0.15, -0.1) is 0 Å². The Bertz CT molecular complexity index is 465. The number of carboxylic acid groups (broad SMARTS) is 1. The fourth-order valence-electron chi connectivity index (χ4n) is 3.28. The van der Waals surface area contributed by atoms with Crippen LogP contribution in [0.3, 0.4) is 0 Å². The Kier molecular flexibility index (Phi) is 4.19. The summed E-state index contributed by atoms with van der Waals surface area (Å²) in [6, 6.07) is 7.68. The van der Waals surface area contributed by atoms with E-state index in [0.717, 1.165) is 16.6 Å². The van der Waals surface area contributed by atoms with Gasteiger partial charge in [0.25, 0.3) is 0 Å². The van der Waals surface area contributed by atoms with Crippen LogP contribution < -0.4 is 5.32 Å². The largest absolute Gasteiger partial charge is 0.480 e. The van der Waals surface area contributed by atoms with E-state index < -0.39 is 11.5 Å². The Morgan fingerprint density at radius 2 is 1.89 bits per heavy atom. The van der Waals surface area contributed by atoms with Crippen molar-refractivity contribution >= 4 is 27.6 Å². The number of hydrogen-bond donors (Lipinski definition) is 2. The van der Waals surface area contributed by atoms with E-state index in [1.54, 1.807) is 0 Å². The molecule has 2 rings (SSSR count). The highest BCUT2D eigenvalue weighted by Crippen LogP contribution is 2.39. The number of nitrogens with one attached hydrogen (secondary N) is 1. The number of para-hydroxylation sites is 1. The first kappa shape index (κ1) is 14.4. The highest BCUT2D eigenvalue weighted by atomic mass is 79.9. The predicted octanol–water partition coefficient (Wildman–Crippen LogP) is 4.14. The molecule has 2 unspecified atom stereocenters. The van der Waals surface area contributed by atoms with Crippen LogP contribution in [-0.4, -0.2) is 16.6 Å². The van der Waals surface area contributed by atoms with Crippen LogP contribution in [0.5, 0.6) is 0 Å². The van der Waals surface area contributed by atoms with Crippen molar-refractivity contribution < 1.29 is 9.90 Å². The van der Waals surface area contributed by atoms with Crippen molar-refractivity contribution in [2.24, 2.45) is 11.8 Å². The van der Waals surface area contributed by atoms with Gasteiger partial charge < -0.3 is 10.4 Å². The number of carboxylic acids is 1. The number of rotatable bonds is 3. The molecule has 1 aromatic rings. The summed E-state index contributed by atoms with van der Waals surface area (Å²) in [4.78, 5) is 11.8. The van der Waals surface area contributed by atoms with Crippen molar-refractivity contribution in [3.63, 3.8) is 0 Å². The maximum atomic E-state index is 11.8. The van der Waals surface area contributed by atoms with Gasteiger partial charge in [-0.3, -0.25) is 0 Å². The van der Waals surface area contributed by atoms with Crippen LogP contribution in [0.1, 0.15) is 33.1 Å². The molecule has 2 atom stereocenters. The first-order valence-corrected chi connectivity index (χ1v) is 7.48. The molecular formula is C15H20BrNO2. The van der Waals surface area contributed by atoms with E-state index in [1.165, 1.54) is 0 Å². The third-order valence-electron chi connectivity index (χ3n) is 3.86. The second-order valence-electron chi connectivity index (χ2n) is 5.85. The van der Waals surface area contributed by atoms with Crippen molar-refractivity contribution in [3.05, 3.63) is 28.7 Å². The molecule has 4 heteroatoms. The van der Waals surface area contributed by atoms with E-state index in [-0.39, 0.29) is 0 Å². The second kappa shape index (κ2) is 5.53. The Morgan fingerprint density at radius 3 is 2.42 bits per heavy atom. The summed E-state index contributed by atoms with van der Waals surface area (Å²) in [5.74, 6) is 0.103. The molecule has 0 amide bonds. The van der Waals surface area contributed by atoms with Crippen molar-refractivity contribution in [2.75, 3.05) is 5.32 Å².